The molecule has 13 heteroatoms. The highest BCUT2D eigenvalue weighted by Crippen LogP contribution is 2.37. The summed E-state index contributed by atoms with van der Waals surface area (Å²) in [6, 6.07) is 15.4. The molecular weight excluding hydrogens is 627 g/mol. The zero-order valence-electron chi connectivity index (χ0n) is 24.9. The van der Waals surface area contributed by atoms with Crippen LogP contribution in [0, 0.1) is 6.92 Å². The minimum absolute atomic E-state index is 0.175. The highest BCUT2D eigenvalue weighted by Gasteiger charge is 2.34. The lowest BCUT2D eigenvalue weighted by Gasteiger charge is -2.36. The van der Waals surface area contributed by atoms with Gasteiger partial charge in [-0.15, -0.1) is 0 Å². The number of piperazine rings is 1. The number of aryl methyl sites for hydroxylation is 1. The van der Waals surface area contributed by atoms with Crippen LogP contribution >= 0.6 is 24.0 Å². The molecule has 1 amide bonds. The summed E-state index contributed by atoms with van der Waals surface area (Å²) < 4.78 is 23.9. The molecule has 0 spiro atoms. The molecule has 0 N–H and O–H groups in total. The van der Waals surface area contributed by atoms with Crippen molar-refractivity contribution in [3.8, 4) is 23.0 Å². The van der Waals surface area contributed by atoms with Gasteiger partial charge in [0.2, 0.25) is 13.6 Å². The maximum absolute atomic E-state index is 14.0. The van der Waals surface area contributed by atoms with Crippen LogP contribution in [0.4, 0.5) is 5.82 Å². The Morgan fingerprint density at radius 2 is 1.50 bits per heavy atom. The number of rotatable bonds is 6. The fourth-order valence-electron chi connectivity index (χ4n) is 6.02. The molecule has 2 aromatic heterocycles. The van der Waals surface area contributed by atoms with Gasteiger partial charge < -0.3 is 23.8 Å². The Hall–Kier alpha value is -4.59. The average molecular weight is 656 g/mol. The topological polar surface area (TPSA) is 98.1 Å². The number of amides is 1. The van der Waals surface area contributed by atoms with E-state index in [2.05, 4.69) is 15.9 Å². The number of ether oxygens (including phenoxy) is 4. The van der Waals surface area contributed by atoms with Crippen molar-refractivity contribution < 1.29 is 23.7 Å². The fraction of sp³-hybridized carbons (Fsp3) is 0.273. The second-order valence-corrected chi connectivity index (χ2v) is 13.2. The summed E-state index contributed by atoms with van der Waals surface area (Å²) in [6.07, 6.45) is 3.44. The second kappa shape index (κ2) is 11.6. The van der Waals surface area contributed by atoms with Crippen LogP contribution in [0.3, 0.4) is 0 Å². The molecule has 46 heavy (non-hydrogen) atoms. The Morgan fingerprint density at radius 3 is 2.20 bits per heavy atom. The number of aromatic nitrogens is 2. The Balaban J connectivity index is 1.06. The highest BCUT2D eigenvalue weighted by atomic mass is 32.2. The smallest absolute Gasteiger partial charge is 0.267 e. The van der Waals surface area contributed by atoms with Gasteiger partial charge in [-0.2, -0.15) is 0 Å². The third-order valence-corrected chi connectivity index (χ3v) is 9.80. The summed E-state index contributed by atoms with van der Waals surface area (Å²) in [5.74, 6) is 3.19. The van der Waals surface area contributed by atoms with Gasteiger partial charge in [-0.3, -0.25) is 23.8 Å². The van der Waals surface area contributed by atoms with Crippen molar-refractivity contribution in [3.63, 3.8) is 0 Å². The molecule has 4 aliphatic rings. The number of thiocarbonyl (C=S) groups is 1. The molecule has 2 saturated heterocycles. The Bertz CT molecular complexity index is 2000. The lowest BCUT2D eigenvalue weighted by atomic mass is 10.1. The summed E-state index contributed by atoms with van der Waals surface area (Å²) in [4.78, 5) is 39.1. The number of pyridine rings is 1. The third kappa shape index (κ3) is 5.33. The zero-order valence-corrected chi connectivity index (χ0v) is 26.6. The Morgan fingerprint density at radius 1 is 0.848 bits per heavy atom. The van der Waals surface area contributed by atoms with E-state index in [1.165, 1.54) is 11.8 Å². The molecule has 0 bridgehead atoms. The number of benzene rings is 2. The average Bonchev–Trinajstić information content (AvgIpc) is 3.79. The maximum atomic E-state index is 14.0. The summed E-state index contributed by atoms with van der Waals surface area (Å²) in [7, 11) is 0. The lowest BCUT2D eigenvalue weighted by Crippen LogP contribution is -2.47. The molecule has 0 unspecified atom stereocenters. The van der Waals surface area contributed by atoms with Gasteiger partial charge >= 0.3 is 0 Å². The van der Waals surface area contributed by atoms with Crippen molar-refractivity contribution in [1.29, 1.82) is 0 Å². The number of hydrogen-bond acceptors (Lipinski definition) is 11. The van der Waals surface area contributed by atoms with Crippen LogP contribution in [-0.4, -0.2) is 69.2 Å². The number of carbonyl (C=O) groups excluding carboxylic acids is 1. The number of thioether (sulfide) groups is 1. The number of anilines is 1. The molecule has 234 valence electrons. The van der Waals surface area contributed by atoms with Gasteiger partial charge in [0.05, 0.1) is 17.0 Å². The van der Waals surface area contributed by atoms with Gasteiger partial charge in [-0.05, 0) is 60.0 Å². The quantitative estimate of drug-likeness (QED) is 0.221. The minimum atomic E-state index is -0.249. The van der Waals surface area contributed by atoms with E-state index in [1.54, 1.807) is 21.6 Å². The van der Waals surface area contributed by atoms with Crippen molar-refractivity contribution in [1.82, 2.24) is 19.2 Å². The molecule has 4 aromatic rings. The molecule has 2 aromatic carbocycles. The number of hydrogen-bond donors (Lipinski definition) is 0. The first-order valence-electron chi connectivity index (χ1n) is 14.9. The predicted octanol–water partition coefficient (Wildman–Crippen LogP) is 4.18. The molecule has 0 aliphatic carbocycles. The van der Waals surface area contributed by atoms with Crippen LogP contribution in [0.1, 0.15) is 22.3 Å². The SMILES string of the molecule is Cc1ccc2nc(N3CCN(Cc4ccc5c(c4)OCO5)CC3)c(C=C3SC(=S)N(Cc4ccc5c(c4)OCO5)C3=O)c(=O)n2c1. The van der Waals surface area contributed by atoms with E-state index >= 15 is 0 Å². The lowest BCUT2D eigenvalue weighted by molar-refractivity contribution is -0.122. The van der Waals surface area contributed by atoms with Gasteiger partial charge in [0.15, 0.2) is 23.0 Å². The summed E-state index contributed by atoms with van der Waals surface area (Å²) in [6.45, 7) is 6.31. The normalized spacial score (nSPS) is 18.4. The predicted molar refractivity (Wildman–Crippen MR) is 178 cm³/mol. The first-order chi connectivity index (χ1) is 22.4. The van der Waals surface area contributed by atoms with Crippen molar-refractivity contribution in [2.24, 2.45) is 0 Å². The van der Waals surface area contributed by atoms with Crippen LogP contribution in [0.5, 0.6) is 23.0 Å². The van der Waals surface area contributed by atoms with E-state index in [0.717, 1.165) is 47.8 Å². The van der Waals surface area contributed by atoms with Crippen molar-refractivity contribution in [2.45, 2.75) is 20.0 Å². The Labute approximate surface area is 273 Å². The molecule has 6 heterocycles. The summed E-state index contributed by atoms with van der Waals surface area (Å²) >= 11 is 6.82. The first-order valence-corrected chi connectivity index (χ1v) is 16.1. The van der Waals surface area contributed by atoms with Gasteiger partial charge in [-0.25, -0.2) is 4.98 Å². The Kier molecular flexibility index (Phi) is 7.31. The monoisotopic (exact) mass is 655 g/mol. The van der Waals surface area contributed by atoms with Crippen molar-refractivity contribution in [3.05, 3.63) is 92.2 Å². The minimum Gasteiger partial charge on any atom is -0.454 e. The van der Waals surface area contributed by atoms with Crippen molar-refractivity contribution >= 4 is 51.7 Å². The zero-order chi connectivity index (χ0) is 31.4. The highest BCUT2D eigenvalue weighted by molar-refractivity contribution is 8.26. The van der Waals surface area contributed by atoms with Crippen LogP contribution < -0.4 is 29.4 Å². The van der Waals surface area contributed by atoms with Gasteiger partial charge in [0.1, 0.15) is 15.8 Å². The maximum Gasteiger partial charge on any atom is 0.267 e. The summed E-state index contributed by atoms with van der Waals surface area (Å²) in [5.41, 5.74) is 3.65. The van der Waals surface area contributed by atoms with Crippen LogP contribution in [0.2, 0.25) is 0 Å². The van der Waals surface area contributed by atoms with E-state index in [-0.39, 0.29) is 31.6 Å². The van der Waals surface area contributed by atoms with E-state index in [9.17, 15) is 9.59 Å². The van der Waals surface area contributed by atoms with Crippen LogP contribution in [-0.2, 0) is 17.9 Å². The standard InChI is InChI=1S/C33H29N5O6S2/c1-20-2-7-29-34-30(36-10-8-35(9-11-36)16-21-3-5-24-26(12-21)43-18-41-24)23(31(39)37(29)15-20)14-28-32(40)38(33(45)46-28)17-22-4-6-25-27(13-22)44-19-42-25/h2-7,12-15H,8-11,16-19H2,1H3. The molecule has 11 nitrogen and oxygen atoms in total. The molecule has 4 aliphatic heterocycles. The van der Waals surface area contributed by atoms with Gasteiger partial charge in [-0.1, -0.05) is 42.2 Å². The van der Waals surface area contributed by atoms with Gasteiger partial charge in [0.25, 0.3) is 11.5 Å². The molecule has 8 rings (SSSR count). The van der Waals surface area contributed by atoms with Gasteiger partial charge in [0, 0.05) is 38.9 Å². The molecule has 2 fully saturated rings. The van der Waals surface area contributed by atoms with E-state index in [4.69, 9.17) is 36.1 Å². The second-order valence-electron chi connectivity index (χ2n) is 11.5. The van der Waals surface area contributed by atoms with Crippen molar-refractivity contribution in [2.75, 3.05) is 44.7 Å². The fourth-order valence-corrected chi connectivity index (χ4v) is 7.26. The number of fused-ring (bicyclic) bond motifs is 3. The first kappa shape index (κ1) is 28.9. The number of nitrogens with zero attached hydrogens (tertiary/aromatic N) is 5. The molecule has 0 atom stereocenters. The van der Waals surface area contributed by atoms with E-state index in [1.807, 2.05) is 49.4 Å². The molecule has 0 saturated carbocycles. The third-order valence-electron chi connectivity index (χ3n) is 8.43. The van der Waals surface area contributed by atoms with Crippen LogP contribution in [0.15, 0.2) is 64.4 Å². The molecular formula is C33H29N5O6S2. The summed E-state index contributed by atoms with van der Waals surface area (Å²) in [5, 5.41) is 0. The van der Waals surface area contributed by atoms with E-state index < -0.39 is 0 Å². The van der Waals surface area contributed by atoms with Crippen LogP contribution in [0.25, 0.3) is 11.7 Å². The number of carbonyl (C=O) groups is 1. The van der Waals surface area contributed by atoms with E-state index in [0.29, 0.717) is 50.8 Å². The molecule has 0 radical (unpaired) electrons. The largest absolute Gasteiger partial charge is 0.454 e.